The van der Waals surface area contributed by atoms with Crippen molar-refractivity contribution < 1.29 is 9.59 Å². The third-order valence-corrected chi connectivity index (χ3v) is 5.94. The van der Waals surface area contributed by atoms with E-state index < -0.39 is 0 Å². The van der Waals surface area contributed by atoms with Crippen molar-refractivity contribution in [3.8, 4) is 0 Å². The van der Waals surface area contributed by atoms with Crippen LogP contribution in [0.2, 0.25) is 0 Å². The molecule has 2 heterocycles. The van der Waals surface area contributed by atoms with Crippen LogP contribution >= 0.6 is 0 Å². The summed E-state index contributed by atoms with van der Waals surface area (Å²) in [7, 11) is 0. The number of likely N-dealkylation sites (tertiary alicyclic amines) is 2. The molecule has 22 heavy (non-hydrogen) atoms. The van der Waals surface area contributed by atoms with Gasteiger partial charge in [-0.15, -0.1) is 0 Å². The molecule has 2 aliphatic rings. The molecule has 4 heteroatoms. The van der Waals surface area contributed by atoms with E-state index >= 15 is 0 Å². The second-order valence-corrected chi connectivity index (χ2v) is 7.62. The molecule has 0 aliphatic carbocycles. The number of amides is 2. The van der Waals surface area contributed by atoms with Crippen LogP contribution in [0, 0.1) is 11.8 Å². The van der Waals surface area contributed by atoms with Crippen LogP contribution < -0.4 is 0 Å². The fraction of sp³-hybridized carbons (Fsp3) is 0.889. The van der Waals surface area contributed by atoms with Crippen LogP contribution in [0.25, 0.3) is 0 Å². The zero-order chi connectivity index (χ0) is 16.3. The quantitative estimate of drug-likeness (QED) is 0.801. The molecule has 2 amide bonds. The Morgan fingerprint density at radius 3 is 2.23 bits per heavy atom. The van der Waals surface area contributed by atoms with Crippen molar-refractivity contribution in [3.05, 3.63) is 0 Å². The first kappa shape index (κ1) is 17.3. The van der Waals surface area contributed by atoms with Crippen LogP contribution in [0.5, 0.6) is 0 Å². The van der Waals surface area contributed by atoms with Gasteiger partial charge in [-0.1, -0.05) is 20.3 Å². The first-order chi connectivity index (χ1) is 10.4. The van der Waals surface area contributed by atoms with Crippen molar-refractivity contribution in [2.45, 2.75) is 71.8 Å². The van der Waals surface area contributed by atoms with Gasteiger partial charge in [0, 0.05) is 37.5 Å². The van der Waals surface area contributed by atoms with E-state index in [2.05, 4.69) is 20.8 Å². The van der Waals surface area contributed by atoms with Crippen LogP contribution in [-0.2, 0) is 9.59 Å². The van der Waals surface area contributed by atoms with Gasteiger partial charge < -0.3 is 9.80 Å². The highest BCUT2D eigenvalue weighted by Crippen LogP contribution is 2.33. The molecule has 4 nitrogen and oxygen atoms in total. The van der Waals surface area contributed by atoms with Crippen LogP contribution in [0.4, 0.5) is 0 Å². The lowest BCUT2D eigenvalue weighted by Crippen LogP contribution is -2.54. The second-order valence-electron chi connectivity index (χ2n) is 7.62. The Morgan fingerprint density at radius 2 is 1.59 bits per heavy atom. The molecule has 0 aromatic rings. The minimum Gasteiger partial charge on any atom is -0.342 e. The van der Waals surface area contributed by atoms with Gasteiger partial charge in [0.25, 0.3) is 0 Å². The number of rotatable bonds is 4. The average molecular weight is 308 g/mol. The fourth-order valence-electron chi connectivity index (χ4n) is 3.89. The Kier molecular flexibility index (Phi) is 5.51. The molecule has 2 unspecified atom stereocenters. The first-order valence-corrected chi connectivity index (χ1v) is 8.95. The highest BCUT2D eigenvalue weighted by Gasteiger charge is 2.41. The molecule has 0 spiro atoms. The number of hydrogen-bond acceptors (Lipinski definition) is 2. The van der Waals surface area contributed by atoms with Crippen LogP contribution in [-0.4, -0.2) is 46.8 Å². The maximum Gasteiger partial charge on any atom is 0.225 e. The standard InChI is InChI=1S/C18H32N2O2/c1-14(17(22)19-11-8-9-12-19)15(2)18(3,4)20-13-7-5-6-10-16(20)21/h14-15H,5-13H2,1-4H3. The fourth-order valence-corrected chi connectivity index (χ4v) is 3.89. The Bertz CT molecular complexity index is 413. The lowest BCUT2D eigenvalue weighted by atomic mass is 9.78. The summed E-state index contributed by atoms with van der Waals surface area (Å²) in [5, 5.41) is 0. The lowest BCUT2D eigenvalue weighted by molar-refractivity contribution is -0.144. The van der Waals surface area contributed by atoms with Crippen LogP contribution in [0.1, 0.15) is 66.2 Å². The molecule has 2 atom stereocenters. The van der Waals surface area contributed by atoms with E-state index in [9.17, 15) is 9.59 Å². The van der Waals surface area contributed by atoms with Gasteiger partial charge in [-0.05, 0) is 45.4 Å². The van der Waals surface area contributed by atoms with E-state index in [1.807, 2.05) is 16.7 Å². The summed E-state index contributed by atoms with van der Waals surface area (Å²) in [6.07, 6.45) is 6.12. The first-order valence-electron chi connectivity index (χ1n) is 8.95. The predicted molar refractivity (Wildman–Crippen MR) is 88.4 cm³/mol. The summed E-state index contributed by atoms with van der Waals surface area (Å²) in [5.74, 6) is 0.641. The number of hydrogen-bond donors (Lipinski definition) is 0. The Hall–Kier alpha value is -1.06. The summed E-state index contributed by atoms with van der Waals surface area (Å²) < 4.78 is 0. The van der Waals surface area contributed by atoms with Crippen molar-refractivity contribution in [3.63, 3.8) is 0 Å². The summed E-state index contributed by atoms with van der Waals surface area (Å²) in [4.78, 5) is 29.2. The van der Waals surface area contributed by atoms with Gasteiger partial charge in [0.15, 0.2) is 0 Å². The van der Waals surface area contributed by atoms with E-state index in [0.29, 0.717) is 6.42 Å². The van der Waals surface area contributed by atoms with E-state index in [4.69, 9.17) is 0 Å². The van der Waals surface area contributed by atoms with Crippen molar-refractivity contribution >= 4 is 11.8 Å². The van der Waals surface area contributed by atoms with E-state index in [-0.39, 0.29) is 29.2 Å². The molecule has 0 aromatic carbocycles. The van der Waals surface area contributed by atoms with Gasteiger partial charge in [0.1, 0.15) is 0 Å². The number of carbonyl (C=O) groups is 2. The summed E-state index contributed by atoms with van der Waals surface area (Å²) >= 11 is 0. The molecule has 126 valence electrons. The van der Waals surface area contributed by atoms with Crippen molar-refractivity contribution in [1.29, 1.82) is 0 Å². The molecule has 0 N–H and O–H groups in total. The molecule has 0 bridgehead atoms. The molecular weight excluding hydrogens is 276 g/mol. The molecule has 2 rings (SSSR count). The van der Waals surface area contributed by atoms with Gasteiger partial charge in [-0.3, -0.25) is 9.59 Å². The smallest absolute Gasteiger partial charge is 0.225 e. The molecule has 2 saturated heterocycles. The van der Waals surface area contributed by atoms with Crippen LogP contribution in [0.3, 0.4) is 0 Å². The van der Waals surface area contributed by atoms with Gasteiger partial charge >= 0.3 is 0 Å². The summed E-state index contributed by atoms with van der Waals surface area (Å²) in [5.41, 5.74) is -0.268. The maximum absolute atomic E-state index is 12.7. The van der Waals surface area contributed by atoms with Gasteiger partial charge in [-0.25, -0.2) is 0 Å². The molecule has 0 aromatic heterocycles. The van der Waals surface area contributed by atoms with E-state index in [1.54, 1.807) is 0 Å². The minimum absolute atomic E-state index is 0.0378. The molecule has 2 fully saturated rings. The SMILES string of the molecule is CC(C(=O)N1CCCC1)C(C)C(C)(C)N1CCCCCC1=O. The highest BCUT2D eigenvalue weighted by atomic mass is 16.2. The zero-order valence-corrected chi connectivity index (χ0v) is 14.7. The maximum atomic E-state index is 12.7. The molecule has 2 aliphatic heterocycles. The zero-order valence-electron chi connectivity index (χ0n) is 14.7. The minimum atomic E-state index is -0.268. The van der Waals surface area contributed by atoms with Gasteiger partial charge in [-0.2, -0.15) is 0 Å². The van der Waals surface area contributed by atoms with Crippen molar-refractivity contribution in [1.82, 2.24) is 9.80 Å². The molecule has 0 radical (unpaired) electrons. The van der Waals surface area contributed by atoms with Crippen molar-refractivity contribution in [2.75, 3.05) is 19.6 Å². The predicted octanol–water partition coefficient (Wildman–Crippen LogP) is 3.06. The summed E-state index contributed by atoms with van der Waals surface area (Å²) in [6.45, 7) is 11.1. The Morgan fingerprint density at radius 1 is 1.00 bits per heavy atom. The highest BCUT2D eigenvalue weighted by molar-refractivity contribution is 5.80. The van der Waals surface area contributed by atoms with E-state index in [0.717, 1.165) is 51.7 Å². The number of nitrogens with zero attached hydrogens (tertiary/aromatic N) is 2. The van der Waals surface area contributed by atoms with E-state index in [1.165, 1.54) is 0 Å². The Labute approximate surface area is 135 Å². The van der Waals surface area contributed by atoms with Crippen molar-refractivity contribution in [2.24, 2.45) is 11.8 Å². The number of carbonyl (C=O) groups excluding carboxylic acids is 2. The lowest BCUT2D eigenvalue weighted by Gasteiger charge is -2.45. The molecule has 0 saturated carbocycles. The van der Waals surface area contributed by atoms with Gasteiger partial charge in [0.2, 0.25) is 11.8 Å². The average Bonchev–Trinajstić information content (AvgIpc) is 2.93. The summed E-state index contributed by atoms with van der Waals surface area (Å²) in [6, 6.07) is 0. The molecular formula is C18H32N2O2. The largest absolute Gasteiger partial charge is 0.342 e. The third-order valence-electron chi connectivity index (χ3n) is 5.94. The van der Waals surface area contributed by atoms with Gasteiger partial charge in [0.05, 0.1) is 0 Å². The third kappa shape index (κ3) is 3.47. The van der Waals surface area contributed by atoms with Crippen LogP contribution in [0.15, 0.2) is 0 Å². The monoisotopic (exact) mass is 308 g/mol. The second kappa shape index (κ2) is 7.01. The normalized spacial score (nSPS) is 23.4. The Balaban J connectivity index is 2.08. The topological polar surface area (TPSA) is 40.6 Å².